The molecule has 0 saturated heterocycles. The summed E-state index contributed by atoms with van der Waals surface area (Å²) in [5, 5.41) is 15.9. The number of halogens is 3. The molecule has 0 radical (unpaired) electrons. The number of anilines is 2. The zero-order valence-corrected chi connectivity index (χ0v) is 13.1. The Morgan fingerprint density at radius 1 is 1.20 bits per heavy atom. The molecule has 2 N–H and O–H groups in total. The van der Waals surface area contributed by atoms with E-state index in [1.165, 1.54) is 24.3 Å². The van der Waals surface area contributed by atoms with Crippen LogP contribution in [0.4, 0.5) is 30.2 Å². The number of nitro groups is 1. The molecule has 0 heterocycles. The normalized spacial score (nSPS) is 11.0. The highest BCUT2D eigenvalue weighted by molar-refractivity contribution is 5.95. The second-order valence-corrected chi connectivity index (χ2v) is 5.26. The quantitative estimate of drug-likeness (QED) is 0.629. The van der Waals surface area contributed by atoms with Gasteiger partial charge in [0.2, 0.25) is 5.91 Å². The van der Waals surface area contributed by atoms with Gasteiger partial charge in [0, 0.05) is 11.8 Å². The zero-order valence-electron chi connectivity index (χ0n) is 13.1. The molecule has 0 aliphatic carbocycles. The summed E-state index contributed by atoms with van der Waals surface area (Å²) in [4.78, 5) is 22.3. The molecule has 2 rings (SSSR count). The van der Waals surface area contributed by atoms with Gasteiger partial charge in [-0.05, 0) is 36.8 Å². The van der Waals surface area contributed by atoms with E-state index in [0.29, 0.717) is 5.56 Å². The predicted octanol–water partition coefficient (Wildman–Crippen LogP) is 3.97. The Labute approximate surface area is 140 Å². The number of hydrogen-bond donors (Lipinski definition) is 2. The van der Waals surface area contributed by atoms with Crippen LogP contribution in [0.1, 0.15) is 11.1 Å². The molecule has 9 heteroatoms. The van der Waals surface area contributed by atoms with E-state index in [1.807, 2.05) is 0 Å². The van der Waals surface area contributed by atoms with Crippen molar-refractivity contribution in [3.8, 4) is 0 Å². The smallest absolute Gasteiger partial charge is 0.376 e. The maximum Gasteiger partial charge on any atom is 0.416 e. The lowest BCUT2D eigenvalue weighted by molar-refractivity contribution is -0.384. The lowest BCUT2D eigenvalue weighted by Gasteiger charge is -2.11. The van der Waals surface area contributed by atoms with Crippen molar-refractivity contribution in [1.82, 2.24) is 0 Å². The van der Waals surface area contributed by atoms with Gasteiger partial charge in [-0.1, -0.05) is 12.1 Å². The third-order valence-electron chi connectivity index (χ3n) is 3.27. The number of benzene rings is 2. The lowest BCUT2D eigenvalue weighted by Crippen LogP contribution is -2.22. The second kappa shape index (κ2) is 7.20. The molecular weight excluding hydrogens is 339 g/mol. The molecular formula is C16H14F3N3O3. The monoisotopic (exact) mass is 353 g/mol. The summed E-state index contributed by atoms with van der Waals surface area (Å²) in [6, 6.07) is 8.71. The highest BCUT2D eigenvalue weighted by Crippen LogP contribution is 2.30. The summed E-state index contributed by atoms with van der Waals surface area (Å²) in [7, 11) is 0. The molecule has 2 aromatic carbocycles. The molecule has 0 aromatic heterocycles. The molecule has 6 nitrogen and oxygen atoms in total. The van der Waals surface area contributed by atoms with E-state index in [-0.39, 0.29) is 23.6 Å². The Balaban J connectivity index is 2.04. The van der Waals surface area contributed by atoms with Crippen LogP contribution in [0.2, 0.25) is 0 Å². The Morgan fingerprint density at radius 3 is 2.56 bits per heavy atom. The maximum atomic E-state index is 12.6. The van der Waals surface area contributed by atoms with Crippen molar-refractivity contribution in [3.05, 3.63) is 63.7 Å². The van der Waals surface area contributed by atoms with Gasteiger partial charge < -0.3 is 10.6 Å². The molecule has 0 aliphatic heterocycles. The van der Waals surface area contributed by atoms with E-state index in [9.17, 15) is 28.1 Å². The van der Waals surface area contributed by atoms with Gasteiger partial charge in [0.1, 0.15) is 5.69 Å². The van der Waals surface area contributed by atoms with Crippen LogP contribution < -0.4 is 10.6 Å². The van der Waals surface area contributed by atoms with Crippen molar-refractivity contribution in [1.29, 1.82) is 0 Å². The van der Waals surface area contributed by atoms with Crippen molar-refractivity contribution in [2.45, 2.75) is 13.1 Å². The van der Waals surface area contributed by atoms with E-state index in [0.717, 1.165) is 12.1 Å². The van der Waals surface area contributed by atoms with Crippen molar-refractivity contribution in [3.63, 3.8) is 0 Å². The van der Waals surface area contributed by atoms with Crippen LogP contribution >= 0.6 is 0 Å². The summed E-state index contributed by atoms with van der Waals surface area (Å²) in [6.07, 6.45) is -4.48. The second-order valence-electron chi connectivity index (χ2n) is 5.26. The van der Waals surface area contributed by atoms with Crippen LogP contribution in [0.25, 0.3) is 0 Å². The summed E-state index contributed by atoms with van der Waals surface area (Å²) in [5.41, 5.74) is -0.305. The first-order chi connectivity index (χ1) is 11.7. The molecule has 2 aromatic rings. The number of carbonyl (C=O) groups is 1. The van der Waals surface area contributed by atoms with Gasteiger partial charge in [-0.2, -0.15) is 13.2 Å². The Bertz CT molecular complexity index is 807. The van der Waals surface area contributed by atoms with E-state index in [1.54, 1.807) is 13.0 Å². The molecule has 132 valence electrons. The van der Waals surface area contributed by atoms with E-state index >= 15 is 0 Å². The van der Waals surface area contributed by atoms with Gasteiger partial charge in [-0.3, -0.25) is 14.9 Å². The average Bonchev–Trinajstić information content (AvgIpc) is 2.54. The van der Waals surface area contributed by atoms with Crippen LogP contribution in [0.15, 0.2) is 42.5 Å². The number of nitrogens with one attached hydrogen (secondary N) is 2. The van der Waals surface area contributed by atoms with E-state index < -0.39 is 22.6 Å². The molecule has 25 heavy (non-hydrogen) atoms. The molecule has 0 atom stereocenters. The highest BCUT2D eigenvalue weighted by Gasteiger charge is 2.30. The molecule has 0 saturated carbocycles. The number of amides is 1. The number of hydrogen-bond acceptors (Lipinski definition) is 4. The topological polar surface area (TPSA) is 84.3 Å². The summed E-state index contributed by atoms with van der Waals surface area (Å²) < 4.78 is 37.9. The third kappa shape index (κ3) is 4.93. The van der Waals surface area contributed by atoms with Crippen molar-refractivity contribution in [2.24, 2.45) is 0 Å². The third-order valence-corrected chi connectivity index (χ3v) is 3.27. The van der Waals surface area contributed by atoms with E-state index in [4.69, 9.17) is 0 Å². The average molecular weight is 353 g/mol. The molecule has 0 spiro atoms. The van der Waals surface area contributed by atoms with E-state index in [2.05, 4.69) is 10.6 Å². The van der Waals surface area contributed by atoms with Crippen LogP contribution in [0.5, 0.6) is 0 Å². The van der Waals surface area contributed by atoms with Crippen molar-refractivity contribution < 1.29 is 22.9 Å². The fourth-order valence-electron chi connectivity index (χ4n) is 2.08. The Kier molecular flexibility index (Phi) is 5.26. The molecule has 0 bridgehead atoms. The largest absolute Gasteiger partial charge is 0.416 e. The summed E-state index contributed by atoms with van der Waals surface area (Å²) >= 11 is 0. The van der Waals surface area contributed by atoms with Gasteiger partial charge in [-0.25, -0.2) is 0 Å². The van der Waals surface area contributed by atoms with Crippen LogP contribution in [-0.4, -0.2) is 17.4 Å². The highest BCUT2D eigenvalue weighted by atomic mass is 19.4. The minimum Gasteiger partial charge on any atom is -0.376 e. The summed E-state index contributed by atoms with van der Waals surface area (Å²) in [6.45, 7) is 1.33. The molecule has 1 amide bonds. The molecule has 0 aliphatic rings. The van der Waals surface area contributed by atoms with Crippen LogP contribution in [0.3, 0.4) is 0 Å². The minimum atomic E-state index is -4.48. The first kappa shape index (κ1) is 18.2. The predicted molar refractivity (Wildman–Crippen MR) is 86.4 cm³/mol. The number of alkyl halides is 3. The zero-order chi connectivity index (χ0) is 18.6. The number of rotatable bonds is 5. The van der Waals surface area contributed by atoms with Crippen molar-refractivity contribution >= 4 is 23.0 Å². The van der Waals surface area contributed by atoms with Gasteiger partial charge in [0.25, 0.3) is 5.69 Å². The number of carbonyl (C=O) groups excluding carboxylic acids is 1. The molecule has 0 fully saturated rings. The molecule has 0 unspecified atom stereocenters. The van der Waals surface area contributed by atoms with Crippen LogP contribution in [-0.2, 0) is 11.0 Å². The Hall–Kier alpha value is -3.10. The first-order valence-electron chi connectivity index (χ1n) is 7.13. The van der Waals surface area contributed by atoms with Gasteiger partial charge in [-0.15, -0.1) is 0 Å². The maximum absolute atomic E-state index is 12.6. The standard InChI is InChI=1S/C16H14F3N3O3/c1-10-5-6-13(14(7-10)22(24)25)21-15(23)9-20-12-4-2-3-11(8-12)16(17,18)19/h2-8,20H,9H2,1H3,(H,21,23). The SMILES string of the molecule is Cc1ccc(NC(=O)CNc2cccc(C(F)(F)F)c2)c([N+](=O)[O-])c1. The fraction of sp³-hybridized carbons (Fsp3) is 0.188. The number of aryl methyl sites for hydroxylation is 1. The summed E-state index contributed by atoms with van der Waals surface area (Å²) in [5.74, 6) is -0.621. The number of nitro benzene ring substituents is 1. The van der Waals surface area contributed by atoms with Crippen LogP contribution in [0, 0.1) is 17.0 Å². The van der Waals surface area contributed by atoms with Gasteiger partial charge in [0.15, 0.2) is 0 Å². The van der Waals surface area contributed by atoms with Gasteiger partial charge in [0.05, 0.1) is 17.0 Å². The lowest BCUT2D eigenvalue weighted by atomic mass is 10.2. The fourth-order valence-corrected chi connectivity index (χ4v) is 2.08. The van der Waals surface area contributed by atoms with Crippen molar-refractivity contribution in [2.75, 3.05) is 17.2 Å². The minimum absolute atomic E-state index is 0.0199. The first-order valence-corrected chi connectivity index (χ1v) is 7.13. The number of nitrogens with zero attached hydrogens (tertiary/aromatic N) is 1. The Morgan fingerprint density at radius 2 is 1.92 bits per heavy atom. The van der Waals surface area contributed by atoms with Gasteiger partial charge >= 0.3 is 6.18 Å².